The van der Waals surface area contributed by atoms with Crippen molar-refractivity contribution in [2.24, 2.45) is 5.92 Å². The van der Waals surface area contributed by atoms with Gasteiger partial charge in [0, 0.05) is 6.61 Å². The number of hydrogen-bond acceptors (Lipinski definition) is 5. The zero-order valence-electron chi connectivity index (χ0n) is 16.1. The van der Waals surface area contributed by atoms with E-state index in [1.54, 1.807) is 0 Å². The largest absolute Gasteiger partial charge is 0.467 e. The second kappa shape index (κ2) is 8.60. The van der Waals surface area contributed by atoms with Crippen molar-refractivity contribution in [3.05, 3.63) is 0 Å². The van der Waals surface area contributed by atoms with Crippen LogP contribution in [0.3, 0.4) is 0 Å². The summed E-state index contributed by atoms with van der Waals surface area (Å²) in [5.74, 6) is -0.974. The van der Waals surface area contributed by atoms with Gasteiger partial charge in [-0.3, -0.25) is 0 Å². The summed E-state index contributed by atoms with van der Waals surface area (Å²) in [6, 6.07) is 0. The molecular formula is C17H36O5Si. The molecule has 0 aliphatic rings. The number of ether oxygens (including phenoxy) is 1. The van der Waals surface area contributed by atoms with Crippen LogP contribution in [0.1, 0.15) is 53.9 Å². The van der Waals surface area contributed by atoms with Gasteiger partial charge >= 0.3 is 5.97 Å². The molecule has 0 aliphatic heterocycles. The molecule has 138 valence electrons. The van der Waals surface area contributed by atoms with E-state index in [9.17, 15) is 15.0 Å². The molecule has 6 heteroatoms. The van der Waals surface area contributed by atoms with Crippen LogP contribution in [0.4, 0.5) is 0 Å². The van der Waals surface area contributed by atoms with Gasteiger partial charge < -0.3 is 19.4 Å². The van der Waals surface area contributed by atoms with Gasteiger partial charge in [-0.15, -0.1) is 0 Å². The molecule has 0 aliphatic carbocycles. The van der Waals surface area contributed by atoms with Gasteiger partial charge in [-0.2, -0.15) is 0 Å². The predicted molar refractivity (Wildman–Crippen MR) is 94.8 cm³/mol. The first kappa shape index (κ1) is 22.6. The normalized spacial score (nSPS) is 18.2. The molecule has 5 nitrogen and oxygen atoms in total. The summed E-state index contributed by atoms with van der Waals surface area (Å²) >= 11 is 0. The number of methoxy groups -OCH3 is 1. The van der Waals surface area contributed by atoms with Crippen molar-refractivity contribution in [1.82, 2.24) is 0 Å². The third-order valence-electron chi connectivity index (χ3n) is 5.18. The molecule has 0 saturated heterocycles. The van der Waals surface area contributed by atoms with Crippen LogP contribution in [-0.2, 0) is 14.0 Å². The second-order valence-electron chi connectivity index (χ2n) is 7.96. The first-order valence-corrected chi connectivity index (χ1v) is 11.4. The SMILES string of the molecule is CC[C@H](C)[C@@H](O)[C@@](O)(CCCO[Si](C)(C)C(C)(C)C)C(=O)OC. The zero-order chi connectivity index (χ0) is 18.5. The van der Waals surface area contributed by atoms with Gasteiger partial charge in [0.2, 0.25) is 0 Å². The van der Waals surface area contributed by atoms with Crippen molar-refractivity contribution >= 4 is 14.3 Å². The number of carbonyl (C=O) groups is 1. The average Bonchev–Trinajstić information content (AvgIpc) is 2.47. The van der Waals surface area contributed by atoms with Crippen LogP contribution in [0.2, 0.25) is 18.1 Å². The van der Waals surface area contributed by atoms with E-state index in [-0.39, 0.29) is 17.4 Å². The van der Waals surface area contributed by atoms with Crippen LogP contribution in [-0.4, -0.2) is 49.9 Å². The molecule has 23 heavy (non-hydrogen) atoms. The maximum atomic E-state index is 12.0. The Kier molecular flexibility index (Phi) is 8.44. The highest BCUT2D eigenvalue weighted by Crippen LogP contribution is 2.36. The van der Waals surface area contributed by atoms with E-state index in [1.807, 2.05) is 13.8 Å². The highest BCUT2D eigenvalue weighted by molar-refractivity contribution is 6.74. The Hall–Kier alpha value is -0.433. The van der Waals surface area contributed by atoms with Crippen molar-refractivity contribution in [2.45, 2.75) is 83.7 Å². The maximum absolute atomic E-state index is 12.0. The van der Waals surface area contributed by atoms with E-state index in [0.717, 1.165) is 0 Å². The Labute approximate surface area is 142 Å². The maximum Gasteiger partial charge on any atom is 0.340 e. The van der Waals surface area contributed by atoms with Crippen LogP contribution >= 0.6 is 0 Å². The van der Waals surface area contributed by atoms with E-state index in [1.165, 1.54) is 7.11 Å². The molecule has 0 fully saturated rings. The van der Waals surface area contributed by atoms with Crippen LogP contribution < -0.4 is 0 Å². The number of hydrogen-bond donors (Lipinski definition) is 2. The summed E-state index contributed by atoms with van der Waals surface area (Å²) in [4.78, 5) is 12.0. The summed E-state index contributed by atoms with van der Waals surface area (Å²) in [6.07, 6.45) is 0.139. The van der Waals surface area contributed by atoms with Crippen molar-refractivity contribution in [3.8, 4) is 0 Å². The number of aliphatic hydroxyl groups is 2. The summed E-state index contributed by atoms with van der Waals surface area (Å²) in [5.41, 5.74) is -1.87. The Morgan fingerprint density at radius 1 is 1.26 bits per heavy atom. The summed E-state index contributed by atoms with van der Waals surface area (Å²) in [5, 5.41) is 21.1. The lowest BCUT2D eigenvalue weighted by Crippen LogP contribution is -2.53. The lowest BCUT2D eigenvalue weighted by Gasteiger charge is -2.37. The number of esters is 1. The summed E-state index contributed by atoms with van der Waals surface area (Å²) in [7, 11) is -0.628. The van der Waals surface area contributed by atoms with E-state index < -0.39 is 26.0 Å². The Morgan fingerprint density at radius 2 is 1.78 bits per heavy atom. The molecule has 3 atom stereocenters. The fourth-order valence-electron chi connectivity index (χ4n) is 2.13. The first-order chi connectivity index (χ1) is 10.3. The second-order valence-corrected chi connectivity index (χ2v) is 12.8. The molecule has 0 aromatic heterocycles. The van der Waals surface area contributed by atoms with E-state index >= 15 is 0 Å². The van der Waals surface area contributed by atoms with E-state index in [0.29, 0.717) is 19.4 Å². The van der Waals surface area contributed by atoms with Crippen LogP contribution in [0.5, 0.6) is 0 Å². The molecule has 0 bridgehead atoms. The third-order valence-corrected chi connectivity index (χ3v) is 9.72. The van der Waals surface area contributed by atoms with Gasteiger partial charge in [0.25, 0.3) is 0 Å². The highest BCUT2D eigenvalue weighted by atomic mass is 28.4. The first-order valence-electron chi connectivity index (χ1n) is 8.46. The monoisotopic (exact) mass is 348 g/mol. The lowest BCUT2D eigenvalue weighted by atomic mass is 9.83. The number of aliphatic hydroxyl groups excluding tert-OH is 1. The fraction of sp³-hybridized carbons (Fsp3) is 0.941. The molecule has 0 heterocycles. The zero-order valence-corrected chi connectivity index (χ0v) is 17.1. The van der Waals surface area contributed by atoms with Crippen LogP contribution in [0.25, 0.3) is 0 Å². The molecular weight excluding hydrogens is 312 g/mol. The molecule has 0 unspecified atom stereocenters. The number of carbonyl (C=O) groups excluding carboxylic acids is 1. The van der Waals surface area contributed by atoms with Gasteiger partial charge in [-0.25, -0.2) is 4.79 Å². The molecule has 2 N–H and O–H groups in total. The van der Waals surface area contributed by atoms with E-state index in [4.69, 9.17) is 9.16 Å². The molecule has 0 aromatic rings. The lowest BCUT2D eigenvalue weighted by molar-refractivity contribution is -0.181. The van der Waals surface area contributed by atoms with Gasteiger partial charge in [0.1, 0.15) is 0 Å². The Bertz CT molecular complexity index is 378. The molecule has 0 radical (unpaired) electrons. The van der Waals surface area contributed by atoms with Gasteiger partial charge in [-0.05, 0) is 36.9 Å². The van der Waals surface area contributed by atoms with Crippen LogP contribution in [0.15, 0.2) is 0 Å². The Balaban J connectivity index is 4.81. The van der Waals surface area contributed by atoms with Gasteiger partial charge in [0.05, 0.1) is 13.2 Å². The molecule has 0 rings (SSSR count). The third kappa shape index (κ3) is 5.85. The summed E-state index contributed by atoms with van der Waals surface area (Å²) < 4.78 is 10.8. The molecule has 0 spiro atoms. The topological polar surface area (TPSA) is 76.0 Å². The van der Waals surface area contributed by atoms with Gasteiger partial charge in [-0.1, -0.05) is 41.0 Å². The minimum atomic E-state index is -1.87. The smallest absolute Gasteiger partial charge is 0.340 e. The van der Waals surface area contributed by atoms with Crippen molar-refractivity contribution in [2.75, 3.05) is 13.7 Å². The van der Waals surface area contributed by atoms with Crippen molar-refractivity contribution in [3.63, 3.8) is 0 Å². The number of rotatable bonds is 9. The average molecular weight is 349 g/mol. The predicted octanol–water partition coefficient (Wildman–Crippen LogP) is 3.10. The molecule has 0 saturated carbocycles. The molecule has 0 amide bonds. The minimum absolute atomic E-state index is 0.113. The van der Waals surface area contributed by atoms with Gasteiger partial charge in [0.15, 0.2) is 13.9 Å². The summed E-state index contributed by atoms with van der Waals surface area (Å²) in [6.45, 7) is 15.0. The highest BCUT2D eigenvalue weighted by Gasteiger charge is 2.46. The standard InChI is InChI=1S/C17H36O5Si/c1-9-13(2)14(18)17(20,15(19)21-6)11-10-12-22-23(7,8)16(3,4)5/h13-14,18,20H,9-12H2,1-8H3/t13-,14+,17-/m0/s1. The molecule has 0 aromatic carbocycles. The quantitative estimate of drug-likeness (QED) is 0.380. The Morgan fingerprint density at radius 3 is 2.17 bits per heavy atom. The minimum Gasteiger partial charge on any atom is -0.467 e. The van der Waals surface area contributed by atoms with Crippen molar-refractivity contribution in [1.29, 1.82) is 0 Å². The van der Waals surface area contributed by atoms with Crippen molar-refractivity contribution < 1.29 is 24.2 Å². The van der Waals surface area contributed by atoms with E-state index in [2.05, 4.69) is 33.9 Å². The fourth-order valence-corrected chi connectivity index (χ4v) is 3.21. The van der Waals surface area contributed by atoms with Crippen LogP contribution in [0, 0.1) is 5.92 Å².